The molecule has 1 rings (SSSR count). The van der Waals surface area contributed by atoms with Crippen molar-refractivity contribution in [3.05, 3.63) is 11.8 Å². The zero-order valence-electron chi connectivity index (χ0n) is 10.6. The lowest BCUT2D eigenvalue weighted by Crippen LogP contribution is -2.35. The van der Waals surface area contributed by atoms with Gasteiger partial charge in [0.15, 0.2) is 0 Å². The maximum absolute atomic E-state index is 11.6. The molecule has 0 aliphatic carbocycles. The van der Waals surface area contributed by atoms with E-state index >= 15 is 0 Å². The van der Waals surface area contributed by atoms with Crippen LogP contribution in [-0.2, 0) is 14.3 Å². The van der Waals surface area contributed by atoms with E-state index in [2.05, 4.69) is 4.90 Å². The highest BCUT2D eigenvalue weighted by molar-refractivity contribution is 5.82. The Kier molecular flexibility index (Phi) is 4.35. The van der Waals surface area contributed by atoms with Crippen LogP contribution in [0.5, 0.6) is 0 Å². The van der Waals surface area contributed by atoms with Gasteiger partial charge >= 0.3 is 5.97 Å². The molecule has 16 heavy (non-hydrogen) atoms. The first kappa shape index (κ1) is 13.0. The maximum atomic E-state index is 11.6. The zero-order chi connectivity index (χ0) is 12.2. The van der Waals surface area contributed by atoms with E-state index in [9.17, 15) is 4.79 Å². The molecule has 4 heteroatoms. The van der Waals surface area contributed by atoms with Crippen molar-refractivity contribution in [2.24, 2.45) is 0 Å². The van der Waals surface area contributed by atoms with Gasteiger partial charge in [0.25, 0.3) is 0 Å². The van der Waals surface area contributed by atoms with Crippen LogP contribution in [0.15, 0.2) is 11.8 Å². The molecular weight excluding hydrogens is 206 g/mol. The van der Waals surface area contributed by atoms with Gasteiger partial charge in [0, 0.05) is 24.9 Å². The summed E-state index contributed by atoms with van der Waals surface area (Å²) in [6.07, 6.45) is 1.55. The summed E-state index contributed by atoms with van der Waals surface area (Å²) in [7, 11) is 0. The normalized spacial score (nSPS) is 18.5. The third-order valence-electron chi connectivity index (χ3n) is 2.24. The fourth-order valence-electron chi connectivity index (χ4n) is 1.51. The van der Waals surface area contributed by atoms with Crippen molar-refractivity contribution in [1.82, 2.24) is 4.90 Å². The van der Waals surface area contributed by atoms with Gasteiger partial charge in [-0.05, 0) is 27.7 Å². The number of esters is 1. The van der Waals surface area contributed by atoms with E-state index in [4.69, 9.17) is 9.47 Å². The molecule has 0 atom stereocenters. The second-order valence-corrected chi connectivity index (χ2v) is 4.92. The molecule has 0 aromatic rings. The second kappa shape index (κ2) is 5.34. The Morgan fingerprint density at radius 1 is 1.31 bits per heavy atom. The summed E-state index contributed by atoms with van der Waals surface area (Å²) in [5.74, 6) is -0.281. The minimum absolute atomic E-state index is 0.281. The number of ether oxygens (including phenoxy) is 2. The number of rotatable bonds is 2. The predicted molar refractivity (Wildman–Crippen MR) is 62.0 cm³/mol. The fraction of sp³-hybridized carbons (Fsp3) is 0.750. The van der Waals surface area contributed by atoms with Gasteiger partial charge in [-0.15, -0.1) is 0 Å². The molecule has 4 nitrogen and oxygen atoms in total. The third-order valence-corrected chi connectivity index (χ3v) is 2.24. The largest absolute Gasteiger partial charge is 0.457 e. The van der Waals surface area contributed by atoms with Crippen LogP contribution < -0.4 is 0 Å². The number of carbonyl (C=O) groups excluding carboxylic acids is 1. The predicted octanol–water partition coefficient (Wildman–Crippen LogP) is 1.56. The molecule has 1 aliphatic rings. The molecule has 0 bridgehead atoms. The molecule has 0 aromatic heterocycles. The molecule has 1 heterocycles. The molecule has 1 saturated heterocycles. The van der Waals surface area contributed by atoms with Crippen LogP contribution >= 0.6 is 0 Å². The average molecular weight is 227 g/mol. The first-order valence-electron chi connectivity index (χ1n) is 5.62. The lowest BCUT2D eigenvalue weighted by atomic mass is 10.2. The summed E-state index contributed by atoms with van der Waals surface area (Å²) in [5, 5.41) is 0. The van der Waals surface area contributed by atoms with Crippen LogP contribution in [0.2, 0.25) is 0 Å². The van der Waals surface area contributed by atoms with Gasteiger partial charge in [0.1, 0.15) is 5.60 Å². The highest BCUT2D eigenvalue weighted by Gasteiger charge is 2.16. The average Bonchev–Trinajstić information content (AvgIpc) is 2.16. The van der Waals surface area contributed by atoms with Crippen LogP contribution in [0.3, 0.4) is 0 Å². The molecular formula is C12H21NO3. The van der Waals surface area contributed by atoms with Crippen molar-refractivity contribution in [3.8, 4) is 0 Å². The quantitative estimate of drug-likeness (QED) is 0.530. The van der Waals surface area contributed by atoms with Crippen molar-refractivity contribution < 1.29 is 14.3 Å². The first-order valence-corrected chi connectivity index (χ1v) is 5.62. The molecule has 1 aliphatic heterocycles. The van der Waals surface area contributed by atoms with Crippen molar-refractivity contribution in [2.75, 3.05) is 26.3 Å². The van der Waals surface area contributed by atoms with Gasteiger partial charge in [-0.1, -0.05) is 0 Å². The summed E-state index contributed by atoms with van der Waals surface area (Å²) in [6.45, 7) is 10.6. The SMILES string of the molecule is C/C(=C\C(=O)OC(C)(C)C)N1CCOCC1. The van der Waals surface area contributed by atoms with Crippen LogP contribution in [-0.4, -0.2) is 42.8 Å². The lowest BCUT2D eigenvalue weighted by molar-refractivity contribution is -0.148. The summed E-state index contributed by atoms with van der Waals surface area (Å²) < 4.78 is 10.5. The van der Waals surface area contributed by atoms with Crippen LogP contribution in [0.25, 0.3) is 0 Å². The van der Waals surface area contributed by atoms with Crippen LogP contribution in [0.4, 0.5) is 0 Å². The number of morpholine rings is 1. The Morgan fingerprint density at radius 3 is 2.38 bits per heavy atom. The maximum Gasteiger partial charge on any atom is 0.333 e. The van der Waals surface area contributed by atoms with E-state index in [1.807, 2.05) is 27.7 Å². The Labute approximate surface area is 97.2 Å². The summed E-state index contributed by atoms with van der Waals surface area (Å²) in [5.41, 5.74) is 0.511. The Hall–Kier alpha value is -1.03. The Bertz CT molecular complexity index is 272. The number of nitrogens with zero attached hydrogens (tertiary/aromatic N) is 1. The molecule has 0 aromatic carbocycles. The van der Waals surface area contributed by atoms with E-state index in [-0.39, 0.29) is 5.97 Å². The van der Waals surface area contributed by atoms with Gasteiger partial charge in [-0.3, -0.25) is 0 Å². The van der Waals surface area contributed by atoms with Gasteiger partial charge in [-0.2, -0.15) is 0 Å². The van der Waals surface area contributed by atoms with Crippen molar-refractivity contribution in [1.29, 1.82) is 0 Å². The Morgan fingerprint density at radius 2 is 1.88 bits per heavy atom. The van der Waals surface area contributed by atoms with Crippen LogP contribution in [0, 0.1) is 0 Å². The topological polar surface area (TPSA) is 38.8 Å². The van der Waals surface area contributed by atoms with Crippen molar-refractivity contribution in [3.63, 3.8) is 0 Å². The molecule has 0 spiro atoms. The molecule has 0 radical (unpaired) electrons. The number of allylic oxidation sites excluding steroid dienone is 1. The minimum Gasteiger partial charge on any atom is -0.457 e. The summed E-state index contributed by atoms with van der Waals surface area (Å²) >= 11 is 0. The molecule has 1 fully saturated rings. The van der Waals surface area contributed by atoms with Gasteiger partial charge < -0.3 is 14.4 Å². The number of carbonyl (C=O) groups is 1. The van der Waals surface area contributed by atoms with E-state index in [0.29, 0.717) is 0 Å². The number of hydrogen-bond acceptors (Lipinski definition) is 4. The highest BCUT2D eigenvalue weighted by Crippen LogP contribution is 2.11. The second-order valence-electron chi connectivity index (χ2n) is 4.92. The zero-order valence-corrected chi connectivity index (χ0v) is 10.6. The van der Waals surface area contributed by atoms with E-state index < -0.39 is 5.60 Å². The molecule has 0 unspecified atom stereocenters. The Balaban J connectivity index is 2.51. The van der Waals surface area contributed by atoms with Crippen molar-refractivity contribution in [2.45, 2.75) is 33.3 Å². The molecule has 0 amide bonds. The van der Waals surface area contributed by atoms with E-state index in [0.717, 1.165) is 32.0 Å². The standard InChI is InChI=1S/C12H21NO3/c1-10(13-5-7-15-8-6-13)9-11(14)16-12(2,3)4/h9H,5-8H2,1-4H3/b10-9+. The number of hydrogen-bond donors (Lipinski definition) is 0. The van der Waals surface area contributed by atoms with E-state index in [1.54, 1.807) is 6.08 Å². The third kappa shape index (κ3) is 4.66. The minimum atomic E-state index is -0.432. The fourth-order valence-corrected chi connectivity index (χ4v) is 1.51. The van der Waals surface area contributed by atoms with E-state index in [1.165, 1.54) is 0 Å². The monoisotopic (exact) mass is 227 g/mol. The van der Waals surface area contributed by atoms with Crippen LogP contribution in [0.1, 0.15) is 27.7 Å². The first-order chi connectivity index (χ1) is 7.38. The van der Waals surface area contributed by atoms with Gasteiger partial charge in [0.2, 0.25) is 0 Å². The molecule has 0 saturated carbocycles. The van der Waals surface area contributed by atoms with Gasteiger partial charge in [0.05, 0.1) is 13.2 Å². The summed E-state index contributed by atoms with van der Waals surface area (Å²) in [6, 6.07) is 0. The van der Waals surface area contributed by atoms with Gasteiger partial charge in [-0.25, -0.2) is 4.79 Å². The van der Waals surface area contributed by atoms with Crippen molar-refractivity contribution >= 4 is 5.97 Å². The summed E-state index contributed by atoms with van der Waals surface area (Å²) in [4.78, 5) is 13.7. The highest BCUT2D eigenvalue weighted by atomic mass is 16.6. The lowest BCUT2D eigenvalue weighted by Gasteiger charge is -2.29. The molecule has 0 N–H and O–H groups in total. The smallest absolute Gasteiger partial charge is 0.333 e. The molecule has 92 valence electrons.